The molecule has 0 bridgehead atoms. The highest BCUT2D eigenvalue weighted by Gasteiger charge is 2.49. The fourth-order valence-corrected chi connectivity index (χ4v) is 19.3. The van der Waals surface area contributed by atoms with E-state index in [2.05, 4.69) is 120 Å². The van der Waals surface area contributed by atoms with Gasteiger partial charge >= 0.3 is 0 Å². The Morgan fingerprint density at radius 3 is 1.52 bits per heavy atom. The topological polar surface area (TPSA) is 46.2 Å². The minimum absolute atomic E-state index is 0.0962. The maximum atomic E-state index is 7.75. The standard InChI is InChI=1S/C39H66O5Si2/c1-27(2)45(28(3)4,29(5)6)43-26-35(18-16-17-33-19-22-36(40-13)23-20-33)39(34-21-24-37(41-14)38(25-34)42-15)44-46(30(7)8,31(9)10)32(11)12/h16-17,19-25,27-32,35,39H,18,26H2,1-15H3/b17-16+/t35-,39+/m1/s1. The number of methoxy groups -OCH3 is 3. The summed E-state index contributed by atoms with van der Waals surface area (Å²) in [7, 11) is 0.669. The quantitative estimate of drug-likeness (QED) is 0.139. The predicted octanol–water partition coefficient (Wildman–Crippen LogP) is 11.9. The molecule has 46 heavy (non-hydrogen) atoms. The van der Waals surface area contributed by atoms with Crippen LogP contribution in [0.3, 0.4) is 0 Å². The molecule has 0 aliphatic carbocycles. The highest BCUT2D eigenvalue weighted by Crippen LogP contribution is 2.49. The van der Waals surface area contributed by atoms with Gasteiger partial charge in [0.25, 0.3) is 0 Å². The number of hydrogen-bond acceptors (Lipinski definition) is 5. The van der Waals surface area contributed by atoms with Crippen LogP contribution in [0, 0.1) is 5.92 Å². The van der Waals surface area contributed by atoms with Gasteiger partial charge in [-0.2, -0.15) is 0 Å². The molecule has 0 radical (unpaired) electrons. The molecule has 0 fully saturated rings. The van der Waals surface area contributed by atoms with Gasteiger partial charge < -0.3 is 23.1 Å². The highest BCUT2D eigenvalue weighted by molar-refractivity contribution is 6.78. The van der Waals surface area contributed by atoms with Gasteiger partial charge in [0.05, 0.1) is 27.4 Å². The van der Waals surface area contributed by atoms with Crippen molar-refractivity contribution >= 4 is 22.7 Å². The summed E-state index contributed by atoms with van der Waals surface area (Å²) in [5.41, 5.74) is 5.10. The minimum Gasteiger partial charge on any atom is -0.497 e. The largest absolute Gasteiger partial charge is 0.497 e. The van der Waals surface area contributed by atoms with Gasteiger partial charge in [-0.15, -0.1) is 0 Å². The van der Waals surface area contributed by atoms with Crippen LogP contribution in [0.1, 0.15) is 107 Å². The van der Waals surface area contributed by atoms with E-state index in [1.165, 1.54) is 0 Å². The second kappa shape index (κ2) is 17.9. The fraction of sp³-hybridized carbons (Fsp3) is 0.641. The maximum Gasteiger partial charge on any atom is 0.201 e. The van der Waals surface area contributed by atoms with Crippen LogP contribution in [0.15, 0.2) is 48.5 Å². The first-order chi connectivity index (χ1) is 21.6. The molecule has 2 aromatic rings. The Labute approximate surface area is 284 Å². The molecular formula is C39H66O5Si2. The zero-order valence-corrected chi connectivity index (χ0v) is 33.8. The van der Waals surface area contributed by atoms with Gasteiger partial charge in [-0.3, -0.25) is 0 Å². The van der Waals surface area contributed by atoms with Crippen LogP contribution < -0.4 is 14.2 Å². The van der Waals surface area contributed by atoms with E-state index in [4.69, 9.17) is 23.1 Å². The Morgan fingerprint density at radius 2 is 1.09 bits per heavy atom. The van der Waals surface area contributed by atoms with Crippen LogP contribution in [0.5, 0.6) is 17.2 Å². The van der Waals surface area contributed by atoms with Crippen LogP contribution in [0.4, 0.5) is 0 Å². The number of allylic oxidation sites excluding steroid dienone is 1. The van der Waals surface area contributed by atoms with Crippen molar-refractivity contribution < 1.29 is 23.1 Å². The van der Waals surface area contributed by atoms with Gasteiger partial charge in [0, 0.05) is 12.5 Å². The van der Waals surface area contributed by atoms with Crippen molar-refractivity contribution in [3.05, 3.63) is 59.7 Å². The second-order valence-corrected chi connectivity index (χ2v) is 25.6. The number of benzene rings is 2. The second-order valence-electron chi connectivity index (χ2n) is 14.8. The van der Waals surface area contributed by atoms with E-state index in [0.29, 0.717) is 39.9 Å². The smallest absolute Gasteiger partial charge is 0.201 e. The van der Waals surface area contributed by atoms with Gasteiger partial charge in [-0.05, 0) is 75.1 Å². The molecule has 0 saturated carbocycles. The summed E-state index contributed by atoms with van der Waals surface area (Å²) in [5, 5.41) is 0. The number of rotatable bonds is 19. The van der Waals surface area contributed by atoms with E-state index in [1.54, 1.807) is 21.3 Å². The number of hydrogen-bond donors (Lipinski definition) is 0. The molecule has 7 heteroatoms. The van der Waals surface area contributed by atoms with E-state index >= 15 is 0 Å². The van der Waals surface area contributed by atoms with Gasteiger partial charge in [-0.1, -0.05) is 113 Å². The van der Waals surface area contributed by atoms with Gasteiger partial charge in [0.2, 0.25) is 8.32 Å². The summed E-state index contributed by atoms with van der Waals surface area (Å²) in [5.74, 6) is 2.41. The Balaban J connectivity index is 2.78. The summed E-state index contributed by atoms with van der Waals surface area (Å²) in [6.45, 7) is 29.0. The van der Waals surface area contributed by atoms with Crippen molar-refractivity contribution in [2.24, 2.45) is 5.92 Å². The molecule has 0 aliphatic heterocycles. The molecule has 260 valence electrons. The Hall–Kier alpha value is -2.07. The van der Waals surface area contributed by atoms with Gasteiger partial charge in [0.1, 0.15) is 5.75 Å². The summed E-state index contributed by atoms with van der Waals surface area (Å²) in [4.78, 5) is 0. The van der Waals surface area contributed by atoms with E-state index in [0.717, 1.165) is 34.8 Å². The lowest BCUT2D eigenvalue weighted by Crippen LogP contribution is -2.51. The molecule has 0 heterocycles. The normalized spacial score (nSPS) is 14.4. The van der Waals surface area contributed by atoms with Crippen LogP contribution in [-0.2, 0) is 8.85 Å². The van der Waals surface area contributed by atoms with E-state index in [1.807, 2.05) is 18.2 Å². The molecule has 0 saturated heterocycles. The lowest BCUT2D eigenvalue weighted by molar-refractivity contribution is 0.0742. The van der Waals surface area contributed by atoms with Crippen molar-refractivity contribution in [2.45, 2.75) is 129 Å². The lowest BCUT2D eigenvalue weighted by atomic mass is 9.93. The summed E-state index contributed by atoms with van der Waals surface area (Å²) < 4.78 is 32.0. The van der Waals surface area contributed by atoms with Crippen molar-refractivity contribution in [1.29, 1.82) is 0 Å². The molecular weight excluding hydrogens is 605 g/mol. The molecule has 2 rings (SSSR count). The van der Waals surface area contributed by atoms with Gasteiger partial charge in [-0.25, -0.2) is 0 Å². The first-order valence-corrected chi connectivity index (χ1v) is 21.7. The fourth-order valence-electron chi connectivity index (χ4n) is 8.22. The van der Waals surface area contributed by atoms with Crippen LogP contribution >= 0.6 is 0 Å². The third-order valence-corrected chi connectivity index (χ3v) is 22.5. The molecule has 0 amide bonds. The molecule has 2 aromatic carbocycles. The third kappa shape index (κ3) is 9.09. The van der Waals surface area contributed by atoms with Crippen molar-refractivity contribution in [2.75, 3.05) is 27.9 Å². The van der Waals surface area contributed by atoms with Gasteiger partial charge in [0.15, 0.2) is 19.8 Å². The number of ether oxygens (including phenoxy) is 3. The Bertz CT molecular complexity index is 1160. The van der Waals surface area contributed by atoms with Crippen molar-refractivity contribution in [1.82, 2.24) is 0 Å². The molecule has 0 N–H and O–H groups in total. The molecule has 0 aliphatic rings. The molecule has 0 unspecified atom stereocenters. The van der Waals surface area contributed by atoms with Crippen LogP contribution in [0.25, 0.3) is 6.08 Å². The van der Waals surface area contributed by atoms with E-state index in [-0.39, 0.29) is 12.0 Å². The summed E-state index contributed by atoms with van der Waals surface area (Å²) >= 11 is 0. The van der Waals surface area contributed by atoms with Crippen LogP contribution in [-0.4, -0.2) is 44.6 Å². The van der Waals surface area contributed by atoms with Crippen LogP contribution in [0.2, 0.25) is 33.2 Å². The third-order valence-electron chi connectivity index (χ3n) is 10.3. The SMILES string of the molecule is COc1ccc(/C=C/C[C@H](CO[Si](C(C)C)(C(C)C)C(C)C)[C@@H](O[Si](C(C)C)(C(C)C)C(C)C)c2ccc(OC)c(OC)c2)cc1. The van der Waals surface area contributed by atoms with E-state index < -0.39 is 16.6 Å². The molecule has 5 nitrogen and oxygen atoms in total. The summed E-state index contributed by atoms with van der Waals surface area (Å²) in [6.07, 6.45) is 5.17. The zero-order chi connectivity index (χ0) is 34.8. The first-order valence-electron chi connectivity index (χ1n) is 17.5. The van der Waals surface area contributed by atoms with Crippen molar-refractivity contribution in [3.8, 4) is 17.2 Å². The van der Waals surface area contributed by atoms with E-state index in [9.17, 15) is 0 Å². The Morgan fingerprint density at radius 1 is 0.587 bits per heavy atom. The van der Waals surface area contributed by atoms with Crippen molar-refractivity contribution in [3.63, 3.8) is 0 Å². The average Bonchev–Trinajstić information content (AvgIpc) is 3.00. The monoisotopic (exact) mass is 670 g/mol. The minimum atomic E-state index is -2.29. The average molecular weight is 671 g/mol. The maximum absolute atomic E-state index is 7.75. The Kier molecular flexibility index (Phi) is 15.6. The highest BCUT2D eigenvalue weighted by atomic mass is 28.4. The first kappa shape index (κ1) is 40.1. The molecule has 0 spiro atoms. The predicted molar refractivity (Wildman–Crippen MR) is 202 cm³/mol. The lowest BCUT2D eigenvalue weighted by Gasteiger charge is -2.47. The molecule has 0 aromatic heterocycles. The molecule has 2 atom stereocenters. The zero-order valence-electron chi connectivity index (χ0n) is 31.8. The summed E-state index contributed by atoms with van der Waals surface area (Å²) in [6, 6.07) is 14.5.